The Morgan fingerprint density at radius 2 is 2.06 bits per heavy atom. The van der Waals surface area contributed by atoms with E-state index in [1.807, 2.05) is 0 Å². The van der Waals surface area contributed by atoms with Crippen LogP contribution in [-0.2, 0) is 6.18 Å². The fourth-order valence-corrected chi connectivity index (χ4v) is 1.35. The largest absolute Gasteiger partial charge is 0.507 e. The van der Waals surface area contributed by atoms with Crippen molar-refractivity contribution in [1.82, 2.24) is 0 Å². The highest BCUT2D eigenvalue weighted by Crippen LogP contribution is 2.35. The van der Waals surface area contributed by atoms with Crippen LogP contribution in [0.25, 0.3) is 5.57 Å². The van der Waals surface area contributed by atoms with Crippen LogP contribution in [0.1, 0.15) is 11.1 Å². The summed E-state index contributed by atoms with van der Waals surface area (Å²) in [6.45, 7) is 3.20. The maximum atomic E-state index is 12.6. The summed E-state index contributed by atoms with van der Waals surface area (Å²) in [5.74, 6) is -0.295. The number of alkyl halides is 3. The number of nitrogens with two attached hydrogens (primary N) is 1. The van der Waals surface area contributed by atoms with Gasteiger partial charge < -0.3 is 10.8 Å². The predicted molar refractivity (Wildman–Crippen MR) is 64.0 cm³/mol. The molecule has 1 rings (SSSR count). The van der Waals surface area contributed by atoms with Crippen molar-refractivity contribution in [3.63, 3.8) is 0 Å². The van der Waals surface area contributed by atoms with Crippen LogP contribution in [0.4, 0.5) is 13.2 Å². The Bertz CT molecular complexity index is 505. The summed E-state index contributed by atoms with van der Waals surface area (Å²) in [4.78, 5) is 3.45. The number of phenols is 1. The Balaban J connectivity index is 3.38. The summed E-state index contributed by atoms with van der Waals surface area (Å²) in [5.41, 5.74) is 4.54. The van der Waals surface area contributed by atoms with Gasteiger partial charge in [-0.15, -0.1) is 0 Å². The first kappa shape index (κ1) is 13.8. The molecule has 0 aliphatic carbocycles. The zero-order valence-electron chi connectivity index (χ0n) is 9.28. The van der Waals surface area contributed by atoms with Crippen molar-refractivity contribution in [2.75, 3.05) is 0 Å². The van der Waals surface area contributed by atoms with E-state index < -0.39 is 11.7 Å². The lowest BCUT2D eigenvalue weighted by atomic mass is 10.0. The third-order valence-electron chi connectivity index (χ3n) is 2.14. The Morgan fingerprint density at radius 3 is 2.56 bits per heavy atom. The molecule has 0 atom stereocenters. The van der Waals surface area contributed by atoms with E-state index in [2.05, 4.69) is 11.7 Å². The number of benzene rings is 1. The third kappa shape index (κ3) is 3.13. The molecule has 0 amide bonds. The monoisotopic (exact) mass is 256 g/mol. The van der Waals surface area contributed by atoms with Gasteiger partial charge in [0.25, 0.3) is 0 Å². The van der Waals surface area contributed by atoms with Crippen LogP contribution in [0.15, 0.2) is 41.7 Å². The molecule has 0 radical (unpaired) electrons. The first-order valence-corrected chi connectivity index (χ1v) is 4.85. The molecule has 6 heteroatoms. The summed E-state index contributed by atoms with van der Waals surface area (Å²) in [6.07, 6.45) is -0.819. The van der Waals surface area contributed by atoms with Crippen molar-refractivity contribution in [3.05, 3.63) is 47.8 Å². The van der Waals surface area contributed by atoms with Gasteiger partial charge >= 0.3 is 6.18 Å². The molecule has 0 aliphatic heterocycles. The van der Waals surface area contributed by atoms with E-state index in [4.69, 9.17) is 5.73 Å². The molecule has 0 aromatic heterocycles. The molecule has 0 spiro atoms. The van der Waals surface area contributed by atoms with Crippen LogP contribution >= 0.6 is 0 Å². The van der Waals surface area contributed by atoms with Crippen molar-refractivity contribution >= 4 is 12.3 Å². The van der Waals surface area contributed by atoms with Gasteiger partial charge in [0.15, 0.2) is 0 Å². The molecule has 3 nitrogen and oxygen atoms in total. The van der Waals surface area contributed by atoms with Gasteiger partial charge in [0.05, 0.1) is 5.56 Å². The summed E-state index contributed by atoms with van der Waals surface area (Å²) in [6, 6.07) is 2.59. The number of rotatable bonds is 3. The van der Waals surface area contributed by atoms with Gasteiger partial charge in [-0.2, -0.15) is 13.2 Å². The van der Waals surface area contributed by atoms with Crippen LogP contribution in [0.5, 0.6) is 5.75 Å². The zero-order chi connectivity index (χ0) is 13.8. The van der Waals surface area contributed by atoms with Gasteiger partial charge in [0.1, 0.15) is 5.75 Å². The highest BCUT2D eigenvalue weighted by atomic mass is 19.4. The van der Waals surface area contributed by atoms with Crippen molar-refractivity contribution < 1.29 is 18.3 Å². The van der Waals surface area contributed by atoms with E-state index in [0.717, 1.165) is 24.4 Å². The van der Waals surface area contributed by atoms with Gasteiger partial charge in [0.2, 0.25) is 0 Å². The molecule has 18 heavy (non-hydrogen) atoms. The Labute approximate surface area is 102 Å². The summed E-state index contributed by atoms with van der Waals surface area (Å²) in [7, 11) is 0. The average molecular weight is 256 g/mol. The summed E-state index contributed by atoms with van der Waals surface area (Å²) >= 11 is 0. The number of hydrogen-bond donors (Lipinski definition) is 2. The van der Waals surface area contributed by atoms with Crippen molar-refractivity contribution in [1.29, 1.82) is 0 Å². The van der Waals surface area contributed by atoms with Gasteiger partial charge in [0, 0.05) is 17.3 Å². The first-order chi connectivity index (χ1) is 8.40. The molecular formula is C12H11F3N2O. The number of nitrogens with zero attached hydrogens (tertiary/aromatic N) is 1. The molecule has 0 saturated carbocycles. The number of hydrogen-bond acceptors (Lipinski definition) is 3. The number of halogens is 3. The number of aliphatic imine (C=N–C) groups is 1. The van der Waals surface area contributed by atoms with E-state index in [-0.39, 0.29) is 16.9 Å². The van der Waals surface area contributed by atoms with E-state index in [9.17, 15) is 18.3 Å². The van der Waals surface area contributed by atoms with E-state index in [1.54, 1.807) is 0 Å². The van der Waals surface area contributed by atoms with Crippen LogP contribution in [0.2, 0.25) is 0 Å². The lowest BCUT2D eigenvalue weighted by Crippen LogP contribution is -2.05. The van der Waals surface area contributed by atoms with Crippen LogP contribution in [0, 0.1) is 0 Å². The summed E-state index contributed by atoms with van der Waals surface area (Å²) < 4.78 is 37.7. The molecular weight excluding hydrogens is 245 g/mol. The standard InChI is InChI=1S/C12H11F3N2O/c1-17-7-8(4-5-16)10-6-9(12(13,14)15)2-3-11(10)18/h2-7,18H,1,16H2/b5-4-,8-7+. The van der Waals surface area contributed by atoms with Crippen molar-refractivity contribution in [2.45, 2.75) is 6.18 Å². The van der Waals surface area contributed by atoms with E-state index in [1.165, 1.54) is 12.3 Å². The second-order valence-electron chi connectivity index (χ2n) is 3.36. The molecule has 96 valence electrons. The smallest absolute Gasteiger partial charge is 0.416 e. The molecule has 0 fully saturated rings. The van der Waals surface area contributed by atoms with Crippen LogP contribution in [0.3, 0.4) is 0 Å². The van der Waals surface area contributed by atoms with Crippen molar-refractivity contribution in [2.24, 2.45) is 10.7 Å². The molecule has 3 N–H and O–H groups in total. The van der Waals surface area contributed by atoms with Gasteiger partial charge in [-0.3, -0.25) is 4.99 Å². The normalized spacial score (nSPS) is 12.9. The molecule has 0 unspecified atom stereocenters. The molecule has 0 saturated heterocycles. The predicted octanol–water partition coefficient (Wildman–Crippen LogP) is 2.92. The van der Waals surface area contributed by atoms with Crippen LogP contribution < -0.4 is 5.73 Å². The van der Waals surface area contributed by atoms with E-state index in [0.29, 0.717) is 0 Å². The average Bonchev–Trinajstić information content (AvgIpc) is 2.28. The number of allylic oxidation sites excluding steroid dienone is 2. The quantitative estimate of drug-likeness (QED) is 0.645. The van der Waals surface area contributed by atoms with Gasteiger partial charge in [-0.1, -0.05) is 0 Å². The lowest BCUT2D eigenvalue weighted by Gasteiger charge is -2.10. The molecule has 1 aromatic rings. The fourth-order valence-electron chi connectivity index (χ4n) is 1.35. The van der Waals surface area contributed by atoms with Crippen LogP contribution in [-0.4, -0.2) is 11.8 Å². The summed E-state index contributed by atoms with van der Waals surface area (Å²) in [5, 5.41) is 9.58. The third-order valence-corrected chi connectivity index (χ3v) is 2.14. The van der Waals surface area contributed by atoms with Gasteiger partial charge in [-0.25, -0.2) is 0 Å². The Kier molecular flexibility index (Phi) is 4.14. The minimum atomic E-state index is -4.48. The van der Waals surface area contributed by atoms with E-state index >= 15 is 0 Å². The maximum Gasteiger partial charge on any atom is 0.416 e. The second kappa shape index (κ2) is 5.39. The number of aromatic hydroxyl groups is 1. The highest BCUT2D eigenvalue weighted by molar-refractivity contribution is 5.78. The highest BCUT2D eigenvalue weighted by Gasteiger charge is 2.31. The lowest BCUT2D eigenvalue weighted by molar-refractivity contribution is -0.137. The SMILES string of the molecule is C=N/C=C(\C=C/N)c1cc(C(F)(F)F)ccc1O. The molecule has 1 aromatic carbocycles. The topological polar surface area (TPSA) is 58.6 Å². The van der Waals surface area contributed by atoms with Gasteiger partial charge in [-0.05, 0) is 37.2 Å². The second-order valence-corrected chi connectivity index (χ2v) is 3.36. The molecule has 0 heterocycles. The number of phenolic OH excluding ortho intramolecular Hbond substituents is 1. The Hall–Kier alpha value is -2.24. The minimum Gasteiger partial charge on any atom is -0.507 e. The zero-order valence-corrected chi connectivity index (χ0v) is 9.28. The molecule has 0 aliphatic rings. The fraction of sp³-hybridized carbons (Fsp3) is 0.0833. The van der Waals surface area contributed by atoms with Crippen molar-refractivity contribution in [3.8, 4) is 5.75 Å². The maximum absolute atomic E-state index is 12.6. The minimum absolute atomic E-state index is 0.0149. The Morgan fingerprint density at radius 1 is 1.39 bits per heavy atom. The molecule has 0 bridgehead atoms. The first-order valence-electron chi connectivity index (χ1n) is 4.85.